The molecule has 1 amide bonds. The summed E-state index contributed by atoms with van der Waals surface area (Å²) in [7, 11) is 1.97. The van der Waals surface area contributed by atoms with Gasteiger partial charge in [0.05, 0.1) is 30.5 Å². The van der Waals surface area contributed by atoms with Crippen molar-refractivity contribution in [3.63, 3.8) is 0 Å². The Kier molecular flexibility index (Phi) is 5.06. The number of nitriles is 1. The lowest BCUT2D eigenvalue weighted by molar-refractivity contribution is -0.114. The number of piperidine rings is 1. The van der Waals surface area contributed by atoms with Crippen molar-refractivity contribution >= 4 is 5.91 Å². The largest absolute Gasteiger partial charge is 0.459 e. The number of fused-ring (bicyclic) bond motifs is 1. The third kappa shape index (κ3) is 3.63. The molecule has 6 nitrogen and oxygen atoms in total. The molecule has 3 atom stereocenters. The van der Waals surface area contributed by atoms with Gasteiger partial charge in [0.1, 0.15) is 0 Å². The third-order valence-electron chi connectivity index (χ3n) is 6.41. The maximum absolute atomic E-state index is 13.2. The normalized spacial score (nSPS) is 23.4. The molecular weight excluding hydrogens is 390 g/mol. The average molecular weight is 413 g/mol. The van der Waals surface area contributed by atoms with Crippen molar-refractivity contribution in [3.8, 4) is 17.2 Å². The summed E-state index contributed by atoms with van der Waals surface area (Å²) < 4.78 is 5.41. The molecule has 2 aliphatic rings. The number of nitrogens with zero attached hydrogens (tertiary/aromatic N) is 3. The minimum Gasteiger partial charge on any atom is -0.459 e. The van der Waals surface area contributed by atoms with Gasteiger partial charge in [0.15, 0.2) is 5.76 Å². The van der Waals surface area contributed by atoms with Crippen molar-refractivity contribution in [3.05, 3.63) is 83.8 Å². The van der Waals surface area contributed by atoms with Crippen LogP contribution in [-0.2, 0) is 4.84 Å². The van der Waals surface area contributed by atoms with E-state index in [-0.39, 0.29) is 23.9 Å². The van der Waals surface area contributed by atoms with Crippen molar-refractivity contribution < 1.29 is 14.0 Å². The van der Waals surface area contributed by atoms with E-state index in [0.29, 0.717) is 24.5 Å². The van der Waals surface area contributed by atoms with Crippen molar-refractivity contribution in [1.82, 2.24) is 9.96 Å². The van der Waals surface area contributed by atoms with Crippen LogP contribution in [0.5, 0.6) is 0 Å². The van der Waals surface area contributed by atoms with Crippen LogP contribution < -0.4 is 0 Å². The van der Waals surface area contributed by atoms with Gasteiger partial charge in [-0.25, -0.2) is 0 Å². The Hall–Kier alpha value is -3.40. The monoisotopic (exact) mass is 413 g/mol. The number of furan rings is 1. The van der Waals surface area contributed by atoms with E-state index in [1.165, 1.54) is 6.26 Å². The Morgan fingerprint density at radius 3 is 2.42 bits per heavy atom. The van der Waals surface area contributed by atoms with Crippen LogP contribution in [0.15, 0.2) is 71.3 Å². The minimum absolute atomic E-state index is 0.0574. The second-order valence-corrected chi connectivity index (χ2v) is 8.17. The zero-order chi connectivity index (χ0) is 21.4. The Morgan fingerprint density at radius 1 is 1.06 bits per heavy atom. The van der Waals surface area contributed by atoms with Crippen molar-refractivity contribution in [2.75, 3.05) is 20.2 Å². The summed E-state index contributed by atoms with van der Waals surface area (Å²) in [6, 6.07) is 21.7. The van der Waals surface area contributed by atoms with Gasteiger partial charge in [-0.3, -0.25) is 9.63 Å². The molecule has 0 N–H and O–H groups in total. The van der Waals surface area contributed by atoms with E-state index in [1.54, 1.807) is 12.1 Å². The van der Waals surface area contributed by atoms with E-state index in [1.807, 2.05) is 41.3 Å². The first-order valence-corrected chi connectivity index (χ1v) is 10.4. The first-order valence-electron chi connectivity index (χ1n) is 10.4. The molecule has 2 fully saturated rings. The molecule has 2 aromatic carbocycles. The molecule has 0 spiro atoms. The molecule has 2 saturated heterocycles. The maximum Gasteiger partial charge on any atom is 0.290 e. The van der Waals surface area contributed by atoms with Gasteiger partial charge in [-0.2, -0.15) is 10.3 Å². The third-order valence-corrected chi connectivity index (χ3v) is 6.41. The molecule has 5 rings (SSSR count). The van der Waals surface area contributed by atoms with Crippen molar-refractivity contribution in [1.29, 1.82) is 5.26 Å². The summed E-state index contributed by atoms with van der Waals surface area (Å²) in [5, 5.41) is 10.9. The number of carbonyl (C=O) groups excluding carboxylic acids is 1. The molecule has 31 heavy (non-hydrogen) atoms. The number of rotatable bonds is 3. The molecule has 0 saturated carbocycles. The summed E-state index contributed by atoms with van der Waals surface area (Å²) in [5.41, 5.74) is 3.87. The first-order chi connectivity index (χ1) is 15.1. The highest BCUT2D eigenvalue weighted by Crippen LogP contribution is 2.40. The Labute approximate surface area is 181 Å². The van der Waals surface area contributed by atoms with Gasteiger partial charge in [0.25, 0.3) is 5.91 Å². The summed E-state index contributed by atoms with van der Waals surface area (Å²) in [4.78, 5) is 20.9. The van der Waals surface area contributed by atoms with Crippen LogP contribution in [0, 0.1) is 17.2 Å². The predicted octanol–water partition coefficient (Wildman–Crippen LogP) is 4.27. The highest BCUT2D eigenvalue weighted by atomic mass is 16.7. The SMILES string of the molecule is CN1OC[C@@H]2CN(C(=O)c3ccco3)[C@H](c3ccc(-c4ccc(C#N)cc4)cc3)C[C@@H]21. The molecule has 156 valence electrons. The highest BCUT2D eigenvalue weighted by molar-refractivity contribution is 5.92. The molecule has 6 heteroatoms. The lowest BCUT2D eigenvalue weighted by Gasteiger charge is -2.42. The van der Waals surface area contributed by atoms with Crippen LogP contribution >= 0.6 is 0 Å². The van der Waals surface area contributed by atoms with Gasteiger partial charge in [0, 0.05) is 25.6 Å². The maximum atomic E-state index is 13.2. The van der Waals surface area contributed by atoms with E-state index < -0.39 is 0 Å². The minimum atomic E-state index is -0.0841. The van der Waals surface area contributed by atoms with E-state index in [4.69, 9.17) is 14.5 Å². The van der Waals surface area contributed by atoms with E-state index >= 15 is 0 Å². The fourth-order valence-electron chi connectivity index (χ4n) is 4.69. The van der Waals surface area contributed by atoms with Gasteiger partial charge in [-0.15, -0.1) is 0 Å². The number of hydrogen-bond acceptors (Lipinski definition) is 5. The lowest BCUT2D eigenvalue weighted by atomic mass is 9.85. The molecule has 3 heterocycles. The molecule has 0 unspecified atom stereocenters. The number of hydroxylamine groups is 2. The molecule has 0 bridgehead atoms. The highest BCUT2D eigenvalue weighted by Gasteiger charge is 2.44. The quantitative estimate of drug-likeness (QED) is 0.641. The smallest absolute Gasteiger partial charge is 0.290 e. The predicted molar refractivity (Wildman–Crippen MR) is 115 cm³/mol. The number of benzene rings is 2. The van der Waals surface area contributed by atoms with Crippen LogP contribution in [0.1, 0.15) is 34.1 Å². The molecular formula is C25H23N3O3. The molecule has 0 aliphatic carbocycles. The van der Waals surface area contributed by atoms with E-state index in [9.17, 15) is 4.79 Å². The van der Waals surface area contributed by atoms with Crippen molar-refractivity contribution in [2.24, 2.45) is 5.92 Å². The fraction of sp³-hybridized carbons (Fsp3) is 0.280. The zero-order valence-corrected chi connectivity index (χ0v) is 17.3. The average Bonchev–Trinajstić information content (AvgIpc) is 3.48. The van der Waals surface area contributed by atoms with Crippen LogP contribution in [0.4, 0.5) is 0 Å². The molecule has 1 aromatic heterocycles. The van der Waals surface area contributed by atoms with Gasteiger partial charge < -0.3 is 9.32 Å². The van der Waals surface area contributed by atoms with Crippen LogP contribution in [0.25, 0.3) is 11.1 Å². The lowest BCUT2D eigenvalue weighted by Crippen LogP contribution is -2.49. The van der Waals surface area contributed by atoms with Gasteiger partial charge in [-0.05, 0) is 47.4 Å². The number of carbonyl (C=O) groups is 1. The Balaban J connectivity index is 1.44. The summed E-state index contributed by atoms with van der Waals surface area (Å²) in [5.74, 6) is 0.571. The van der Waals surface area contributed by atoms with Crippen LogP contribution in [-0.4, -0.2) is 42.1 Å². The molecule has 2 aliphatic heterocycles. The van der Waals surface area contributed by atoms with Crippen LogP contribution in [0.2, 0.25) is 0 Å². The van der Waals surface area contributed by atoms with Gasteiger partial charge in [0.2, 0.25) is 0 Å². The topological polar surface area (TPSA) is 69.7 Å². The first kappa shape index (κ1) is 19.6. The van der Waals surface area contributed by atoms with Gasteiger partial charge >= 0.3 is 0 Å². The van der Waals surface area contributed by atoms with E-state index in [0.717, 1.165) is 23.1 Å². The summed E-state index contributed by atoms with van der Waals surface area (Å²) >= 11 is 0. The molecule has 3 aromatic rings. The standard InChI is InChI=1S/C25H23N3O3/c1-27-22-13-23(28(15-21(22)16-31-27)25(29)24-3-2-12-30-24)20-10-8-19(9-11-20)18-6-4-17(14-26)5-7-18/h2-12,21-23H,13,15-16H2,1H3/t21-,22-,23-/m0/s1. The number of hydrogen-bond donors (Lipinski definition) is 0. The van der Waals surface area contributed by atoms with Gasteiger partial charge in [-0.1, -0.05) is 36.4 Å². The van der Waals surface area contributed by atoms with E-state index in [2.05, 4.69) is 30.3 Å². The number of likely N-dealkylation sites (tertiary alicyclic amines) is 1. The van der Waals surface area contributed by atoms with Crippen LogP contribution in [0.3, 0.4) is 0 Å². The number of amides is 1. The molecule has 0 radical (unpaired) electrons. The Morgan fingerprint density at radius 2 is 1.77 bits per heavy atom. The summed E-state index contributed by atoms with van der Waals surface area (Å²) in [6.07, 6.45) is 2.34. The van der Waals surface area contributed by atoms with Crippen molar-refractivity contribution in [2.45, 2.75) is 18.5 Å². The Bertz CT molecular complexity index is 1100. The second kappa shape index (κ2) is 8.03. The summed E-state index contributed by atoms with van der Waals surface area (Å²) in [6.45, 7) is 1.27. The zero-order valence-electron chi connectivity index (χ0n) is 17.3. The second-order valence-electron chi connectivity index (χ2n) is 8.17. The fourth-order valence-corrected chi connectivity index (χ4v) is 4.69.